The number of hydrogen-bond acceptors (Lipinski definition) is 3. The van der Waals surface area contributed by atoms with Crippen molar-refractivity contribution in [3.05, 3.63) is 12.2 Å². The Morgan fingerprint density at radius 1 is 1.37 bits per heavy atom. The molecule has 1 amide bonds. The van der Waals surface area contributed by atoms with Gasteiger partial charge in [0.1, 0.15) is 19.4 Å². The highest BCUT2D eigenvalue weighted by molar-refractivity contribution is 5.75. The van der Waals surface area contributed by atoms with Crippen molar-refractivity contribution in [2.24, 2.45) is 0 Å². The summed E-state index contributed by atoms with van der Waals surface area (Å²) in [7, 11) is 1.11. The van der Waals surface area contributed by atoms with Crippen molar-refractivity contribution in [1.29, 1.82) is 0 Å². The Bertz CT molecular complexity index is 448. The fourth-order valence-corrected chi connectivity index (χ4v) is 1.33. The molecule has 0 aliphatic carbocycles. The van der Waals surface area contributed by atoms with Crippen molar-refractivity contribution in [1.82, 2.24) is 19.7 Å². The molecule has 0 spiro atoms. The van der Waals surface area contributed by atoms with Gasteiger partial charge in [-0.1, -0.05) is 20.8 Å². The highest BCUT2D eigenvalue weighted by Crippen LogP contribution is 2.17. The third kappa shape index (κ3) is 4.88. The maximum atomic E-state index is 12.1. The topological polar surface area (TPSA) is 51.0 Å². The molecule has 0 aliphatic heterocycles. The molecule has 0 saturated heterocycles. The van der Waals surface area contributed by atoms with E-state index in [1.807, 2.05) is 20.8 Å². The molecule has 108 valence electrons. The first-order valence-corrected chi connectivity index (χ1v) is 5.70. The molecule has 19 heavy (non-hydrogen) atoms. The molecular formula is C11H17F3N4O. The summed E-state index contributed by atoms with van der Waals surface area (Å²) in [5, 5.41) is 4.08. The van der Waals surface area contributed by atoms with Crippen molar-refractivity contribution in [3.8, 4) is 0 Å². The van der Waals surface area contributed by atoms with E-state index < -0.39 is 18.6 Å². The van der Waals surface area contributed by atoms with Crippen molar-refractivity contribution in [2.45, 2.75) is 38.9 Å². The van der Waals surface area contributed by atoms with Crippen molar-refractivity contribution >= 4 is 5.91 Å². The molecule has 0 atom stereocenters. The van der Waals surface area contributed by atoms with Crippen LogP contribution in [0.15, 0.2) is 6.33 Å². The molecule has 0 aromatic carbocycles. The Balaban J connectivity index is 2.65. The highest BCUT2D eigenvalue weighted by Gasteiger charge is 2.31. The van der Waals surface area contributed by atoms with Crippen LogP contribution < -0.4 is 0 Å². The number of carbonyl (C=O) groups is 1. The summed E-state index contributed by atoms with van der Waals surface area (Å²) in [6, 6.07) is 0. The number of halogens is 3. The number of aromatic nitrogens is 3. The molecule has 1 heterocycles. The molecule has 5 nitrogen and oxygen atoms in total. The van der Waals surface area contributed by atoms with Crippen LogP contribution in [0.2, 0.25) is 0 Å². The monoisotopic (exact) mass is 278 g/mol. The Morgan fingerprint density at radius 2 is 1.95 bits per heavy atom. The fraction of sp³-hybridized carbons (Fsp3) is 0.727. The molecule has 0 N–H and O–H groups in total. The molecule has 0 radical (unpaired) electrons. The van der Waals surface area contributed by atoms with Gasteiger partial charge in [-0.05, 0) is 0 Å². The second kappa shape index (κ2) is 5.18. The summed E-state index contributed by atoms with van der Waals surface area (Å²) in [4.78, 5) is 16.2. The van der Waals surface area contributed by atoms with Crippen LogP contribution in [0.25, 0.3) is 0 Å². The van der Waals surface area contributed by atoms with Gasteiger partial charge in [-0.25, -0.2) is 9.67 Å². The minimum absolute atomic E-state index is 0.254. The summed E-state index contributed by atoms with van der Waals surface area (Å²) in [6.45, 7) is 4.20. The zero-order valence-electron chi connectivity index (χ0n) is 11.3. The highest BCUT2D eigenvalue weighted by atomic mass is 19.4. The lowest BCUT2D eigenvalue weighted by molar-refractivity contribution is -0.158. The average molecular weight is 278 g/mol. The second-order valence-electron chi connectivity index (χ2n) is 5.38. The molecule has 0 bridgehead atoms. The molecule has 0 saturated carbocycles. The van der Waals surface area contributed by atoms with Crippen LogP contribution in [0.3, 0.4) is 0 Å². The van der Waals surface area contributed by atoms with Gasteiger partial charge in [-0.3, -0.25) is 4.79 Å². The first-order chi connectivity index (χ1) is 8.49. The smallest absolute Gasteiger partial charge is 0.335 e. The van der Waals surface area contributed by atoms with Gasteiger partial charge in [0.15, 0.2) is 5.82 Å². The summed E-state index contributed by atoms with van der Waals surface area (Å²) in [5.41, 5.74) is -0.272. The van der Waals surface area contributed by atoms with E-state index in [0.717, 1.165) is 7.05 Å². The van der Waals surface area contributed by atoms with Gasteiger partial charge in [0.2, 0.25) is 5.91 Å². The molecule has 1 aromatic heterocycles. The van der Waals surface area contributed by atoms with Gasteiger partial charge in [0.05, 0.1) is 0 Å². The van der Waals surface area contributed by atoms with E-state index in [2.05, 4.69) is 10.1 Å². The van der Waals surface area contributed by atoms with E-state index in [0.29, 0.717) is 10.7 Å². The van der Waals surface area contributed by atoms with Gasteiger partial charge in [0, 0.05) is 12.5 Å². The van der Waals surface area contributed by atoms with E-state index >= 15 is 0 Å². The Morgan fingerprint density at radius 3 is 2.37 bits per heavy atom. The zero-order chi connectivity index (χ0) is 14.8. The van der Waals surface area contributed by atoms with E-state index in [9.17, 15) is 18.0 Å². The van der Waals surface area contributed by atoms with E-state index in [-0.39, 0.29) is 12.0 Å². The van der Waals surface area contributed by atoms with Crippen LogP contribution in [-0.2, 0) is 16.8 Å². The van der Waals surface area contributed by atoms with E-state index in [4.69, 9.17) is 0 Å². The molecule has 0 fully saturated rings. The first-order valence-electron chi connectivity index (χ1n) is 5.70. The van der Waals surface area contributed by atoms with Gasteiger partial charge < -0.3 is 4.90 Å². The van der Waals surface area contributed by atoms with Crippen LogP contribution in [0.1, 0.15) is 26.6 Å². The van der Waals surface area contributed by atoms with Gasteiger partial charge >= 0.3 is 6.18 Å². The minimum Gasteiger partial charge on any atom is -0.335 e. The van der Waals surface area contributed by atoms with Gasteiger partial charge in [-0.15, -0.1) is 0 Å². The molecule has 1 aromatic rings. The zero-order valence-corrected chi connectivity index (χ0v) is 11.3. The molecule has 0 unspecified atom stereocenters. The summed E-state index contributed by atoms with van der Waals surface area (Å²) < 4.78 is 37.7. The molecule has 0 aliphatic rings. The number of rotatable bonds is 3. The fourth-order valence-electron chi connectivity index (χ4n) is 1.33. The number of carbonyl (C=O) groups excluding carboxylic acids is 1. The van der Waals surface area contributed by atoms with Crippen molar-refractivity contribution < 1.29 is 18.0 Å². The molecule has 1 rings (SSSR count). The van der Waals surface area contributed by atoms with E-state index in [1.54, 1.807) is 0 Å². The molecular weight excluding hydrogens is 261 g/mol. The molecule has 8 heteroatoms. The Hall–Kier alpha value is -1.60. The second-order valence-corrected chi connectivity index (χ2v) is 5.38. The van der Waals surface area contributed by atoms with Crippen LogP contribution in [0.4, 0.5) is 13.2 Å². The number of amides is 1. The number of hydrogen-bond donors (Lipinski definition) is 0. The van der Waals surface area contributed by atoms with Crippen LogP contribution >= 0.6 is 0 Å². The summed E-state index contributed by atoms with van der Waals surface area (Å²) in [5.74, 6) is -0.124. The third-order valence-corrected chi connectivity index (χ3v) is 2.35. The summed E-state index contributed by atoms with van der Waals surface area (Å²) in [6.07, 6.45) is -3.05. The predicted octanol–water partition coefficient (Wildman–Crippen LogP) is 1.60. The average Bonchev–Trinajstić information content (AvgIpc) is 2.62. The van der Waals surface area contributed by atoms with Crippen LogP contribution in [0.5, 0.6) is 0 Å². The van der Waals surface area contributed by atoms with Crippen molar-refractivity contribution in [2.75, 3.05) is 13.6 Å². The lowest BCUT2D eigenvalue weighted by Crippen LogP contribution is -2.37. The van der Waals surface area contributed by atoms with Crippen molar-refractivity contribution in [3.63, 3.8) is 0 Å². The Kier molecular flexibility index (Phi) is 4.21. The minimum atomic E-state index is -4.40. The van der Waals surface area contributed by atoms with Crippen LogP contribution in [0, 0.1) is 0 Å². The summed E-state index contributed by atoms with van der Waals surface area (Å²) >= 11 is 0. The SMILES string of the molecule is CN(CC(F)(F)F)C(=O)Cn1cnc(C(C)(C)C)n1. The lowest BCUT2D eigenvalue weighted by atomic mass is 9.96. The van der Waals surface area contributed by atoms with Gasteiger partial charge in [-0.2, -0.15) is 18.3 Å². The third-order valence-electron chi connectivity index (χ3n) is 2.35. The number of nitrogens with zero attached hydrogens (tertiary/aromatic N) is 4. The van der Waals surface area contributed by atoms with Gasteiger partial charge in [0.25, 0.3) is 0 Å². The predicted molar refractivity (Wildman–Crippen MR) is 62.4 cm³/mol. The first kappa shape index (κ1) is 15.5. The van der Waals surface area contributed by atoms with E-state index in [1.165, 1.54) is 11.0 Å². The number of likely N-dealkylation sites (N-methyl/N-ethyl adjacent to an activating group) is 1. The lowest BCUT2D eigenvalue weighted by Gasteiger charge is -2.18. The standard InChI is InChI=1S/C11H17F3N4O/c1-10(2,3)9-15-7-18(16-9)5-8(19)17(4)6-11(12,13)14/h7H,5-6H2,1-4H3. The largest absolute Gasteiger partial charge is 0.406 e. The quantitative estimate of drug-likeness (QED) is 0.843. The van der Waals surface area contributed by atoms with Crippen LogP contribution in [-0.4, -0.2) is 45.3 Å². The maximum absolute atomic E-state index is 12.1. The maximum Gasteiger partial charge on any atom is 0.406 e. The Labute approximate surface area is 109 Å². The normalized spacial score (nSPS) is 12.6. The number of alkyl halides is 3.